The van der Waals surface area contributed by atoms with Crippen LogP contribution in [0.25, 0.3) is 0 Å². The summed E-state index contributed by atoms with van der Waals surface area (Å²) in [4.78, 5) is 18.3. The molecule has 2 fully saturated rings. The van der Waals surface area contributed by atoms with Crippen LogP contribution >= 0.6 is 0 Å². The summed E-state index contributed by atoms with van der Waals surface area (Å²) in [6.45, 7) is 7.74. The first-order valence-electron chi connectivity index (χ1n) is 11.7. The predicted molar refractivity (Wildman–Crippen MR) is 120 cm³/mol. The molecule has 34 heavy (non-hydrogen) atoms. The van der Waals surface area contributed by atoms with Crippen LogP contribution in [-0.4, -0.2) is 44.1 Å². The Bertz CT molecular complexity index is 1010. The molecule has 3 heterocycles. The summed E-state index contributed by atoms with van der Waals surface area (Å²) in [6, 6.07) is 4.41. The van der Waals surface area contributed by atoms with Crippen LogP contribution in [0.5, 0.6) is 5.75 Å². The van der Waals surface area contributed by atoms with Crippen LogP contribution in [-0.2, 0) is 11.4 Å². The van der Waals surface area contributed by atoms with E-state index >= 15 is 8.78 Å². The van der Waals surface area contributed by atoms with E-state index in [9.17, 15) is 9.90 Å². The molecule has 0 spiro atoms. The highest BCUT2D eigenvalue weighted by molar-refractivity contribution is 5.85. The molecule has 2 aromatic rings. The van der Waals surface area contributed by atoms with E-state index in [1.807, 2.05) is 27.7 Å². The molecule has 1 N–H and O–H groups in total. The van der Waals surface area contributed by atoms with Gasteiger partial charge < -0.3 is 19.3 Å². The largest absolute Gasteiger partial charge is 0.485 e. The van der Waals surface area contributed by atoms with Crippen LogP contribution in [0.2, 0.25) is 0 Å². The Morgan fingerprint density at radius 1 is 1.21 bits per heavy atom. The molecule has 1 aliphatic carbocycles. The van der Waals surface area contributed by atoms with Crippen LogP contribution < -0.4 is 4.74 Å². The van der Waals surface area contributed by atoms with Crippen molar-refractivity contribution < 1.29 is 27.9 Å². The summed E-state index contributed by atoms with van der Waals surface area (Å²) in [5.74, 6) is -4.23. The van der Waals surface area contributed by atoms with Crippen molar-refractivity contribution in [3.8, 4) is 5.75 Å². The second-order valence-electron chi connectivity index (χ2n) is 11.3. The quantitative estimate of drug-likeness (QED) is 0.636. The van der Waals surface area contributed by atoms with Crippen molar-refractivity contribution >= 4 is 5.91 Å². The van der Waals surface area contributed by atoms with Gasteiger partial charge in [0, 0.05) is 25.0 Å². The van der Waals surface area contributed by atoms with E-state index in [0.717, 1.165) is 4.90 Å². The number of aliphatic hydroxyl groups is 1. The molecule has 0 bridgehead atoms. The van der Waals surface area contributed by atoms with E-state index in [0.29, 0.717) is 36.5 Å². The van der Waals surface area contributed by atoms with Crippen LogP contribution in [0.1, 0.15) is 77.3 Å². The summed E-state index contributed by atoms with van der Waals surface area (Å²) in [5, 5.41) is 15.2. The molecule has 1 aliphatic heterocycles. The fourth-order valence-corrected chi connectivity index (χ4v) is 6.13. The van der Waals surface area contributed by atoms with Crippen LogP contribution in [0, 0.1) is 10.8 Å². The van der Waals surface area contributed by atoms with E-state index in [2.05, 4.69) is 10.1 Å². The Labute approximate surface area is 198 Å². The minimum Gasteiger partial charge on any atom is -0.485 e. The Kier molecular flexibility index (Phi) is 6.21. The molecule has 1 unspecified atom stereocenters. The first-order chi connectivity index (χ1) is 15.8. The number of nitrogens with zero attached hydrogens (tertiary/aromatic N) is 3. The third-order valence-corrected chi connectivity index (χ3v) is 6.82. The smallest absolute Gasteiger partial charge is 0.352 e. The van der Waals surface area contributed by atoms with Crippen molar-refractivity contribution in [2.24, 2.45) is 10.8 Å². The molecule has 1 amide bonds. The van der Waals surface area contributed by atoms with Gasteiger partial charge in [0.05, 0.1) is 6.04 Å². The molecule has 9 heteroatoms. The molecule has 1 atom stereocenters. The predicted octanol–water partition coefficient (Wildman–Crippen LogP) is 4.91. The fourth-order valence-electron chi connectivity index (χ4n) is 6.13. The summed E-state index contributed by atoms with van der Waals surface area (Å²) in [5.41, 5.74) is -3.03. The van der Waals surface area contributed by atoms with Gasteiger partial charge in [-0.2, -0.15) is 8.78 Å². The second kappa shape index (κ2) is 8.59. The van der Waals surface area contributed by atoms with E-state index in [1.54, 1.807) is 30.6 Å². The molecule has 7 nitrogen and oxygen atoms in total. The summed E-state index contributed by atoms with van der Waals surface area (Å²) < 4.78 is 42.4. The van der Waals surface area contributed by atoms with Crippen molar-refractivity contribution in [1.29, 1.82) is 0 Å². The molecular weight excluding hydrogens is 444 g/mol. The van der Waals surface area contributed by atoms with Crippen molar-refractivity contribution in [2.75, 3.05) is 6.54 Å². The number of rotatable bonds is 6. The number of carbonyl (C=O) groups is 1. The lowest BCUT2D eigenvalue weighted by molar-refractivity contribution is -0.231. The van der Waals surface area contributed by atoms with Gasteiger partial charge in [-0.25, -0.2) is 0 Å². The number of carbonyl (C=O) groups excluding carboxylic acids is 1. The van der Waals surface area contributed by atoms with Crippen molar-refractivity contribution in [2.45, 2.75) is 84.0 Å². The van der Waals surface area contributed by atoms with Gasteiger partial charge in [-0.15, -0.1) is 0 Å². The number of likely N-dealkylation sites (tertiary alicyclic amines) is 1. The summed E-state index contributed by atoms with van der Waals surface area (Å²) >= 11 is 0. The Morgan fingerprint density at radius 2 is 1.85 bits per heavy atom. The number of hydrogen-bond acceptors (Lipinski definition) is 6. The summed E-state index contributed by atoms with van der Waals surface area (Å²) in [6.07, 6.45) is 4.69. The Morgan fingerprint density at radius 3 is 2.50 bits per heavy atom. The second-order valence-corrected chi connectivity index (χ2v) is 11.3. The third kappa shape index (κ3) is 4.80. The van der Waals surface area contributed by atoms with E-state index < -0.39 is 34.3 Å². The molecule has 1 saturated heterocycles. The number of pyridine rings is 1. The normalized spacial score (nSPS) is 23.6. The lowest BCUT2D eigenvalue weighted by Crippen LogP contribution is -2.62. The molecule has 4 rings (SSSR count). The van der Waals surface area contributed by atoms with Crippen LogP contribution in [0.4, 0.5) is 8.78 Å². The van der Waals surface area contributed by atoms with Gasteiger partial charge in [0.15, 0.2) is 5.76 Å². The lowest BCUT2D eigenvalue weighted by Gasteiger charge is -2.51. The van der Waals surface area contributed by atoms with Crippen LogP contribution in [0.15, 0.2) is 35.1 Å². The molecule has 0 aromatic carbocycles. The first-order valence-corrected chi connectivity index (χ1v) is 11.7. The minimum absolute atomic E-state index is 0.109. The van der Waals surface area contributed by atoms with Crippen molar-refractivity contribution in [3.63, 3.8) is 0 Å². The number of halogens is 2. The van der Waals surface area contributed by atoms with Gasteiger partial charge in [0.1, 0.15) is 23.7 Å². The van der Waals surface area contributed by atoms with E-state index in [1.165, 1.54) is 0 Å². The van der Waals surface area contributed by atoms with Crippen molar-refractivity contribution in [3.05, 3.63) is 42.0 Å². The topological polar surface area (TPSA) is 88.7 Å². The Balaban J connectivity index is 1.50. The fraction of sp³-hybridized carbons (Fsp3) is 0.640. The van der Waals surface area contributed by atoms with Gasteiger partial charge in [-0.1, -0.05) is 32.9 Å². The van der Waals surface area contributed by atoms with Gasteiger partial charge in [0.2, 0.25) is 0 Å². The highest BCUT2D eigenvalue weighted by Crippen LogP contribution is 2.55. The zero-order chi connectivity index (χ0) is 24.8. The molecule has 2 aliphatic rings. The number of hydrogen-bond donors (Lipinski definition) is 1. The molecule has 186 valence electrons. The zero-order valence-corrected chi connectivity index (χ0v) is 20.2. The van der Waals surface area contributed by atoms with E-state index in [-0.39, 0.29) is 26.0 Å². The highest BCUT2D eigenvalue weighted by Gasteiger charge is 2.65. The maximum Gasteiger partial charge on any atom is 0.352 e. The van der Waals surface area contributed by atoms with Gasteiger partial charge >= 0.3 is 5.92 Å². The lowest BCUT2D eigenvalue weighted by atomic mass is 9.58. The maximum absolute atomic E-state index is 15.7. The van der Waals surface area contributed by atoms with E-state index in [4.69, 9.17) is 9.26 Å². The highest BCUT2D eigenvalue weighted by atomic mass is 19.3. The SMILES string of the molecule is CC1(C)CC(C)(C)CC(O)(C(F)(F)C(=O)N2CCCC2c2cc(COc3ccncc3)on2)C1. The number of aromatic nitrogens is 2. The monoisotopic (exact) mass is 477 g/mol. The van der Waals surface area contributed by atoms with Gasteiger partial charge in [0.25, 0.3) is 5.91 Å². The third-order valence-electron chi connectivity index (χ3n) is 6.82. The van der Waals surface area contributed by atoms with Gasteiger partial charge in [-0.3, -0.25) is 9.78 Å². The first kappa shape index (κ1) is 24.6. The minimum atomic E-state index is -3.92. The average molecular weight is 478 g/mol. The number of ether oxygens (including phenoxy) is 1. The Hall–Kier alpha value is -2.55. The number of alkyl halides is 2. The zero-order valence-electron chi connectivity index (χ0n) is 20.2. The standard InChI is InChI=1S/C25H33F2N3O4/c1-22(2)14-23(3,4)16-24(32,15-22)25(26,27)21(31)30-11-5-6-20(30)19-12-18(34-29-19)13-33-17-7-9-28-10-8-17/h7-10,12,20,32H,5-6,11,13-16H2,1-4H3. The van der Waals surface area contributed by atoms with Crippen LogP contribution in [0.3, 0.4) is 0 Å². The average Bonchev–Trinajstić information content (AvgIpc) is 3.39. The number of amides is 1. The maximum atomic E-state index is 15.7. The molecule has 1 saturated carbocycles. The molecule has 2 aromatic heterocycles. The van der Waals surface area contributed by atoms with Crippen molar-refractivity contribution in [1.82, 2.24) is 15.0 Å². The van der Waals surface area contributed by atoms with Gasteiger partial charge in [-0.05, 0) is 55.1 Å². The molecular formula is C25H33F2N3O4. The summed E-state index contributed by atoms with van der Waals surface area (Å²) in [7, 11) is 0. The molecule has 0 radical (unpaired) electrons.